The highest BCUT2D eigenvalue weighted by Gasteiger charge is 2.17. The molecule has 5 nitrogen and oxygen atoms in total. The number of rotatable bonds is 8. The molecule has 1 aromatic carbocycles. The van der Waals surface area contributed by atoms with Gasteiger partial charge in [-0.1, -0.05) is 30.7 Å². The van der Waals surface area contributed by atoms with E-state index in [4.69, 9.17) is 11.6 Å². The Morgan fingerprint density at radius 2 is 1.86 bits per heavy atom. The van der Waals surface area contributed by atoms with E-state index >= 15 is 0 Å². The van der Waals surface area contributed by atoms with Crippen LogP contribution in [0.25, 0.3) is 0 Å². The zero-order chi connectivity index (χ0) is 16.5. The van der Waals surface area contributed by atoms with Gasteiger partial charge in [-0.05, 0) is 32.4 Å². The number of nitrogens with two attached hydrogens (primary N) is 1. The summed E-state index contributed by atoms with van der Waals surface area (Å²) in [5.41, 5.74) is 1.10. The molecule has 0 saturated heterocycles. The molecule has 0 aliphatic rings. The van der Waals surface area contributed by atoms with E-state index in [9.17, 15) is 9.59 Å². The molecule has 0 radical (unpaired) electrons. The molecule has 1 rings (SSSR count). The van der Waals surface area contributed by atoms with Crippen molar-refractivity contribution < 1.29 is 14.9 Å². The summed E-state index contributed by atoms with van der Waals surface area (Å²) in [4.78, 5) is 23.6. The van der Waals surface area contributed by atoms with Crippen molar-refractivity contribution in [2.45, 2.75) is 39.3 Å². The van der Waals surface area contributed by atoms with Gasteiger partial charge < -0.3 is 16.0 Å². The number of benzene rings is 1. The van der Waals surface area contributed by atoms with E-state index in [2.05, 4.69) is 10.6 Å². The highest BCUT2D eigenvalue weighted by atomic mass is 35.5. The van der Waals surface area contributed by atoms with Crippen LogP contribution in [0, 0.1) is 0 Å². The Balaban J connectivity index is 2.36. The lowest BCUT2D eigenvalue weighted by molar-refractivity contribution is -0.682. The third-order valence-electron chi connectivity index (χ3n) is 3.37. The van der Waals surface area contributed by atoms with Crippen molar-refractivity contribution in [3.63, 3.8) is 0 Å². The highest BCUT2D eigenvalue weighted by Crippen LogP contribution is 2.13. The summed E-state index contributed by atoms with van der Waals surface area (Å²) in [5.74, 6) is -0.305. The predicted molar refractivity (Wildman–Crippen MR) is 87.6 cm³/mol. The van der Waals surface area contributed by atoms with Crippen LogP contribution in [0.4, 0.5) is 0 Å². The lowest BCUT2D eigenvalue weighted by Crippen LogP contribution is -2.87. The first-order valence-corrected chi connectivity index (χ1v) is 7.97. The summed E-state index contributed by atoms with van der Waals surface area (Å²) in [6, 6.07) is 7.19. The molecule has 4 N–H and O–H groups in total. The van der Waals surface area contributed by atoms with Crippen LogP contribution >= 0.6 is 11.6 Å². The molecule has 0 aliphatic heterocycles. The number of halogens is 1. The molecule has 0 unspecified atom stereocenters. The van der Waals surface area contributed by atoms with E-state index < -0.39 is 6.04 Å². The second kappa shape index (κ2) is 9.43. The average Bonchev–Trinajstić information content (AvgIpc) is 2.50. The molecule has 122 valence electrons. The van der Waals surface area contributed by atoms with Gasteiger partial charge in [0.2, 0.25) is 5.91 Å². The lowest BCUT2D eigenvalue weighted by atomic mass is 10.1. The number of hydrogen-bond acceptors (Lipinski definition) is 2. The maximum Gasteiger partial charge on any atom is 0.275 e. The maximum atomic E-state index is 11.9. The van der Waals surface area contributed by atoms with Crippen molar-refractivity contribution in [2.75, 3.05) is 13.1 Å². The first kappa shape index (κ1) is 18.5. The second-order valence-corrected chi connectivity index (χ2v) is 5.80. The molecule has 22 heavy (non-hydrogen) atoms. The van der Waals surface area contributed by atoms with Crippen molar-refractivity contribution in [1.82, 2.24) is 10.6 Å². The minimum Gasteiger partial charge on any atom is -0.354 e. The quantitative estimate of drug-likeness (QED) is 0.666. The van der Waals surface area contributed by atoms with E-state index in [0.717, 1.165) is 12.0 Å². The molecule has 1 aromatic rings. The topological polar surface area (TPSA) is 74.8 Å². The Labute approximate surface area is 136 Å². The standard InChI is InChI=1S/C16H24ClN3O2/c1-4-9-18-16(22)12(3)20-15(21)10-19-11(2)13-5-7-14(17)8-6-13/h5-8,11-12,19H,4,9-10H2,1-3H3,(H,18,22)(H,20,21)/p+1/t11-,12-/m1/s1. The molecule has 0 bridgehead atoms. The second-order valence-electron chi connectivity index (χ2n) is 5.36. The normalized spacial score (nSPS) is 13.3. The van der Waals surface area contributed by atoms with Gasteiger partial charge in [0.15, 0.2) is 6.54 Å². The zero-order valence-corrected chi connectivity index (χ0v) is 14.1. The van der Waals surface area contributed by atoms with Gasteiger partial charge >= 0.3 is 0 Å². The van der Waals surface area contributed by atoms with Gasteiger partial charge in [-0.25, -0.2) is 0 Å². The van der Waals surface area contributed by atoms with E-state index in [1.165, 1.54) is 0 Å². The third-order valence-corrected chi connectivity index (χ3v) is 3.62. The van der Waals surface area contributed by atoms with Crippen LogP contribution in [0.2, 0.25) is 5.02 Å². The fourth-order valence-electron chi connectivity index (χ4n) is 1.95. The van der Waals surface area contributed by atoms with Gasteiger partial charge in [0.25, 0.3) is 5.91 Å². The van der Waals surface area contributed by atoms with E-state index in [1.54, 1.807) is 6.92 Å². The highest BCUT2D eigenvalue weighted by molar-refractivity contribution is 6.30. The van der Waals surface area contributed by atoms with Crippen molar-refractivity contribution in [3.8, 4) is 0 Å². The van der Waals surface area contributed by atoms with Crippen LogP contribution in [0.5, 0.6) is 0 Å². The third kappa shape index (κ3) is 6.45. The summed E-state index contributed by atoms with van der Waals surface area (Å²) >= 11 is 5.85. The van der Waals surface area contributed by atoms with E-state index in [1.807, 2.05) is 43.4 Å². The van der Waals surface area contributed by atoms with E-state index in [-0.39, 0.29) is 24.4 Å². The molecule has 0 spiro atoms. The number of nitrogens with one attached hydrogen (secondary N) is 2. The molecule has 0 aromatic heterocycles. The number of carbonyl (C=O) groups excluding carboxylic acids is 2. The van der Waals surface area contributed by atoms with Crippen LogP contribution in [0.1, 0.15) is 38.8 Å². The Morgan fingerprint density at radius 3 is 2.45 bits per heavy atom. The minimum atomic E-state index is -0.515. The van der Waals surface area contributed by atoms with Crippen molar-refractivity contribution in [2.24, 2.45) is 0 Å². The largest absolute Gasteiger partial charge is 0.354 e. The van der Waals surface area contributed by atoms with Crippen molar-refractivity contribution in [3.05, 3.63) is 34.9 Å². The number of carbonyl (C=O) groups is 2. The van der Waals surface area contributed by atoms with Gasteiger partial charge in [0.1, 0.15) is 12.1 Å². The van der Waals surface area contributed by atoms with Crippen molar-refractivity contribution in [1.29, 1.82) is 0 Å². The number of quaternary nitrogens is 1. The van der Waals surface area contributed by atoms with E-state index in [0.29, 0.717) is 11.6 Å². The zero-order valence-electron chi connectivity index (χ0n) is 13.4. The fourth-order valence-corrected chi connectivity index (χ4v) is 2.08. The Hall–Kier alpha value is -1.59. The number of amides is 2. The molecular weight excluding hydrogens is 302 g/mol. The summed E-state index contributed by atoms with van der Waals surface area (Å²) in [5, 5.41) is 8.08. The molecule has 2 atom stereocenters. The molecule has 6 heteroatoms. The van der Waals surface area contributed by atoms with Crippen LogP contribution in [-0.4, -0.2) is 30.9 Å². The fraction of sp³-hybridized carbons (Fsp3) is 0.500. The summed E-state index contributed by atoms with van der Waals surface area (Å²) < 4.78 is 0. The molecule has 0 saturated carbocycles. The minimum absolute atomic E-state index is 0.146. The SMILES string of the molecule is CCCNC(=O)[C@@H](C)NC(=O)C[NH2+][C@H](C)c1ccc(Cl)cc1. The van der Waals surface area contributed by atoms with Gasteiger partial charge in [-0.15, -0.1) is 0 Å². The maximum absolute atomic E-state index is 11.9. The van der Waals surface area contributed by atoms with Crippen LogP contribution in [0.3, 0.4) is 0 Å². The number of hydrogen-bond donors (Lipinski definition) is 3. The van der Waals surface area contributed by atoms with Crippen LogP contribution < -0.4 is 16.0 Å². The Morgan fingerprint density at radius 1 is 1.23 bits per heavy atom. The molecule has 2 amide bonds. The molecule has 0 fully saturated rings. The first-order chi connectivity index (χ1) is 10.4. The average molecular weight is 327 g/mol. The van der Waals surface area contributed by atoms with Gasteiger partial charge in [-0.2, -0.15) is 0 Å². The summed E-state index contributed by atoms with van der Waals surface area (Å²) in [6.45, 7) is 6.59. The summed E-state index contributed by atoms with van der Waals surface area (Å²) in [7, 11) is 0. The Kier molecular flexibility index (Phi) is 7.91. The van der Waals surface area contributed by atoms with Crippen LogP contribution in [0.15, 0.2) is 24.3 Å². The monoisotopic (exact) mass is 326 g/mol. The lowest BCUT2D eigenvalue weighted by Gasteiger charge is -2.15. The summed E-state index contributed by atoms with van der Waals surface area (Å²) in [6.07, 6.45) is 0.874. The molecule has 0 aliphatic carbocycles. The smallest absolute Gasteiger partial charge is 0.275 e. The van der Waals surface area contributed by atoms with Gasteiger partial charge in [0, 0.05) is 17.1 Å². The van der Waals surface area contributed by atoms with Gasteiger partial charge in [-0.3, -0.25) is 9.59 Å². The molecular formula is C16H25ClN3O2+. The predicted octanol–water partition coefficient (Wildman–Crippen LogP) is 0.995. The molecule has 0 heterocycles. The van der Waals surface area contributed by atoms with Crippen LogP contribution in [-0.2, 0) is 9.59 Å². The Bertz CT molecular complexity index is 491. The van der Waals surface area contributed by atoms with Crippen molar-refractivity contribution >= 4 is 23.4 Å². The van der Waals surface area contributed by atoms with Gasteiger partial charge in [0.05, 0.1) is 0 Å². The first-order valence-electron chi connectivity index (χ1n) is 7.60.